The number of rotatable bonds is 6. The first-order valence-electron chi connectivity index (χ1n) is 11.2. The lowest BCUT2D eigenvalue weighted by Crippen LogP contribution is -2.56. The number of hydrogen-bond donors (Lipinski definition) is 2. The molecule has 1 aromatic heterocycles. The maximum atomic E-state index is 12.9. The molecule has 0 spiro atoms. The van der Waals surface area contributed by atoms with Gasteiger partial charge in [-0.2, -0.15) is 0 Å². The minimum Gasteiger partial charge on any atom is -0.469 e. The fraction of sp³-hybridized carbons (Fsp3) is 0.542. The molecule has 6 heteroatoms. The largest absolute Gasteiger partial charge is 0.469 e. The van der Waals surface area contributed by atoms with E-state index in [-0.39, 0.29) is 18.0 Å². The molecule has 1 aromatic carbocycles. The summed E-state index contributed by atoms with van der Waals surface area (Å²) < 4.78 is 5.47. The number of hydrogen-bond acceptors (Lipinski definition) is 6. The van der Waals surface area contributed by atoms with Crippen LogP contribution in [0, 0.1) is 13.8 Å². The van der Waals surface area contributed by atoms with Crippen LogP contribution < -0.4 is 16.0 Å². The Bertz CT molecular complexity index is 872. The number of furan rings is 1. The fourth-order valence-electron chi connectivity index (χ4n) is 4.62. The number of ketones is 1. The van der Waals surface area contributed by atoms with Crippen LogP contribution in [0.25, 0.3) is 0 Å². The van der Waals surface area contributed by atoms with Crippen molar-refractivity contribution in [2.75, 3.05) is 37.6 Å². The summed E-state index contributed by atoms with van der Waals surface area (Å²) in [6, 6.07) is 8.27. The molecule has 2 aromatic rings. The molecule has 0 bridgehead atoms. The third-order valence-electron chi connectivity index (χ3n) is 6.49. The average molecular weight is 411 g/mol. The van der Waals surface area contributed by atoms with E-state index in [0.29, 0.717) is 13.0 Å². The number of aryl methyl sites for hydroxylation is 2. The predicted molar refractivity (Wildman–Crippen MR) is 120 cm³/mol. The van der Waals surface area contributed by atoms with E-state index in [9.17, 15) is 4.79 Å². The molecule has 2 atom stereocenters. The van der Waals surface area contributed by atoms with Crippen LogP contribution in [0.15, 0.2) is 34.9 Å². The molecule has 2 unspecified atom stereocenters. The predicted octanol–water partition coefficient (Wildman–Crippen LogP) is 2.93. The number of carbonyl (C=O) groups excluding carboxylic acids is 1. The zero-order valence-electron chi connectivity index (χ0n) is 18.2. The minimum absolute atomic E-state index is 0.158. The van der Waals surface area contributed by atoms with Crippen molar-refractivity contribution in [2.45, 2.75) is 51.7 Å². The normalized spacial score (nSPS) is 21.6. The third kappa shape index (κ3) is 4.61. The van der Waals surface area contributed by atoms with Gasteiger partial charge in [0.25, 0.3) is 0 Å². The SMILES string of the molecule is Cc1ccc(C(N)N2CCNC(C(=O)Cc3occc3C)C2)c(N2CCCCC2)c1. The first-order valence-corrected chi connectivity index (χ1v) is 11.2. The number of Topliss-reactive ketones (excluding diaryl/α,β-unsaturated/α-hetero) is 1. The lowest BCUT2D eigenvalue weighted by Gasteiger charge is -2.39. The van der Waals surface area contributed by atoms with Gasteiger partial charge in [-0.1, -0.05) is 12.1 Å². The fourth-order valence-corrected chi connectivity index (χ4v) is 4.62. The highest BCUT2D eigenvalue weighted by Crippen LogP contribution is 2.31. The summed E-state index contributed by atoms with van der Waals surface area (Å²) in [5, 5.41) is 3.38. The Hall–Kier alpha value is -2.15. The molecular weight excluding hydrogens is 376 g/mol. The van der Waals surface area contributed by atoms with Gasteiger partial charge >= 0.3 is 0 Å². The summed E-state index contributed by atoms with van der Waals surface area (Å²) in [5.41, 5.74) is 11.5. The van der Waals surface area contributed by atoms with Gasteiger partial charge in [0.1, 0.15) is 5.76 Å². The lowest BCUT2D eigenvalue weighted by atomic mass is 10.0. The summed E-state index contributed by atoms with van der Waals surface area (Å²) in [7, 11) is 0. The Morgan fingerprint density at radius 3 is 2.73 bits per heavy atom. The number of nitrogens with one attached hydrogen (secondary N) is 1. The van der Waals surface area contributed by atoms with Crippen LogP contribution in [0.4, 0.5) is 5.69 Å². The number of carbonyl (C=O) groups is 1. The van der Waals surface area contributed by atoms with Crippen LogP contribution in [-0.4, -0.2) is 49.4 Å². The van der Waals surface area contributed by atoms with Crippen LogP contribution in [0.3, 0.4) is 0 Å². The Morgan fingerprint density at radius 2 is 2.00 bits per heavy atom. The van der Waals surface area contributed by atoms with Crippen molar-refractivity contribution in [3.8, 4) is 0 Å². The maximum Gasteiger partial charge on any atom is 0.158 e. The van der Waals surface area contributed by atoms with E-state index in [1.807, 2.05) is 13.0 Å². The molecule has 0 aliphatic carbocycles. The van der Waals surface area contributed by atoms with E-state index in [4.69, 9.17) is 10.2 Å². The van der Waals surface area contributed by atoms with Crippen LogP contribution >= 0.6 is 0 Å². The van der Waals surface area contributed by atoms with Crippen LogP contribution in [0.5, 0.6) is 0 Å². The monoisotopic (exact) mass is 410 g/mol. The van der Waals surface area contributed by atoms with Gasteiger partial charge in [0.2, 0.25) is 0 Å². The van der Waals surface area contributed by atoms with Crippen molar-refractivity contribution in [3.63, 3.8) is 0 Å². The smallest absolute Gasteiger partial charge is 0.158 e. The summed E-state index contributed by atoms with van der Waals surface area (Å²) in [6.07, 6.45) is 5.53. The molecule has 2 fully saturated rings. The van der Waals surface area contributed by atoms with Crippen molar-refractivity contribution in [2.24, 2.45) is 5.73 Å². The molecular formula is C24H34N4O2. The van der Waals surface area contributed by atoms with Gasteiger partial charge < -0.3 is 20.4 Å². The number of anilines is 1. The highest BCUT2D eigenvalue weighted by atomic mass is 16.3. The molecule has 3 N–H and O–H groups in total. The zero-order valence-corrected chi connectivity index (χ0v) is 18.2. The first-order chi connectivity index (χ1) is 14.5. The Balaban J connectivity index is 1.48. The molecule has 0 radical (unpaired) electrons. The van der Waals surface area contributed by atoms with E-state index in [1.54, 1.807) is 6.26 Å². The second kappa shape index (κ2) is 9.33. The van der Waals surface area contributed by atoms with Gasteiger partial charge in [-0.25, -0.2) is 0 Å². The van der Waals surface area contributed by atoms with Gasteiger partial charge in [0.05, 0.1) is 24.9 Å². The highest BCUT2D eigenvalue weighted by molar-refractivity contribution is 5.86. The zero-order chi connectivity index (χ0) is 21.1. The summed E-state index contributed by atoms with van der Waals surface area (Å²) in [4.78, 5) is 17.6. The summed E-state index contributed by atoms with van der Waals surface area (Å²) >= 11 is 0. The second-order valence-electron chi connectivity index (χ2n) is 8.73. The summed E-state index contributed by atoms with van der Waals surface area (Å²) in [5.74, 6) is 0.916. The number of benzene rings is 1. The molecule has 2 aliphatic rings. The third-order valence-corrected chi connectivity index (χ3v) is 6.49. The van der Waals surface area contributed by atoms with Crippen LogP contribution in [0.2, 0.25) is 0 Å². The van der Waals surface area contributed by atoms with Crippen molar-refractivity contribution in [1.82, 2.24) is 10.2 Å². The Labute approximate surface area is 179 Å². The van der Waals surface area contributed by atoms with Crippen molar-refractivity contribution in [3.05, 3.63) is 53.0 Å². The molecule has 4 rings (SSSR count). The van der Waals surface area contributed by atoms with Gasteiger partial charge in [-0.3, -0.25) is 9.69 Å². The molecule has 0 saturated carbocycles. The average Bonchev–Trinajstić information content (AvgIpc) is 3.18. The van der Waals surface area contributed by atoms with Crippen molar-refractivity contribution >= 4 is 11.5 Å². The van der Waals surface area contributed by atoms with Crippen LogP contribution in [0.1, 0.15) is 47.9 Å². The highest BCUT2D eigenvalue weighted by Gasteiger charge is 2.30. The summed E-state index contributed by atoms with van der Waals surface area (Å²) in [6.45, 7) is 8.50. The first kappa shape index (κ1) is 21.1. The number of nitrogens with two attached hydrogens (primary N) is 1. The number of piperazine rings is 1. The Kier molecular flexibility index (Phi) is 6.56. The molecule has 6 nitrogen and oxygen atoms in total. The maximum absolute atomic E-state index is 12.9. The van der Waals surface area contributed by atoms with Crippen molar-refractivity contribution in [1.29, 1.82) is 0 Å². The molecule has 3 heterocycles. The standard InChI is InChI=1S/C24H34N4O2/c1-17-6-7-19(21(14-17)27-10-4-3-5-11-27)24(25)28-12-9-26-20(16-28)22(29)15-23-18(2)8-13-30-23/h6-8,13-14,20,24,26H,3-5,9-12,15-16,25H2,1-2H3. The molecule has 2 aliphatic heterocycles. The molecule has 162 valence electrons. The van der Waals surface area contributed by atoms with Gasteiger partial charge in [0, 0.05) is 44.0 Å². The van der Waals surface area contributed by atoms with E-state index < -0.39 is 0 Å². The van der Waals surface area contributed by atoms with Crippen LogP contribution in [-0.2, 0) is 11.2 Å². The number of nitrogens with zero attached hydrogens (tertiary/aromatic N) is 2. The second-order valence-corrected chi connectivity index (χ2v) is 8.73. The minimum atomic E-state index is -0.224. The Morgan fingerprint density at radius 1 is 1.20 bits per heavy atom. The quantitative estimate of drug-likeness (QED) is 0.763. The van der Waals surface area contributed by atoms with Gasteiger partial charge in [-0.05, 0) is 56.4 Å². The van der Waals surface area contributed by atoms with E-state index >= 15 is 0 Å². The van der Waals surface area contributed by atoms with Gasteiger partial charge in [-0.15, -0.1) is 0 Å². The molecule has 30 heavy (non-hydrogen) atoms. The topological polar surface area (TPSA) is 74.7 Å². The van der Waals surface area contributed by atoms with E-state index in [1.165, 1.54) is 30.5 Å². The molecule has 2 saturated heterocycles. The lowest BCUT2D eigenvalue weighted by molar-refractivity contribution is -0.122. The number of piperidine rings is 1. The van der Waals surface area contributed by atoms with E-state index in [2.05, 4.69) is 40.2 Å². The van der Waals surface area contributed by atoms with Gasteiger partial charge in [0.15, 0.2) is 5.78 Å². The van der Waals surface area contributed by atoms with Crippen molar-refractivity contribution < 1.29 is 9.21 Å². The van der Waals surface area contributed by atoms with E-state index in [0.717, 1.165) is 43.1 Å². The molecule has 0 amide bonds.